The van der Waals surface area contributed by atoms with Crippen molar-refractivity contribution < 1.29 is 9.84 Å². The molecular weight excluding hydrogens is 236 g/mol. The Bertz CT molecular complexity index is 506. The van der Waals surface area contributed by atoms with E-state index in [4.69, 9.17) is 4.74 Å². The van der Waals surface area contributed by atoms with Gasteiger partial charge >= 0.3 is 0 Å². The van der Waals surface area contributed by atoms with Gasteiger partial charge in [-0.05, 0) is 48.9 Å². The highest BCUT2D eigenvalue weighted by Crippen LogP contribution is 2.26. The largest absolute Gasteiger partial charge is 0.504 e. The van der Waals surface area contributed by atoms with E-state index >= 15 is 0 Å². The second kappa shape index (κ2) is 6.83. The molecular formula is C17H20O2. The first-order chi connectivity index (χ1) is 9.29. The van der Waals surface area contributed by atoms with Gasteiger partial charge in [-0.25, -0.2) is 0 Å². The Morgan fingerprint density at radius 1 is 0.895 bits per heavy atom. The molecule has 0 amide bonds. The van der Waals surface area contributed by atoms with E-state index in [0.29, 0.717) is 5.75 Å². The van der Waals surface area contributed by atoms with E-state index in [9.17, 15) is 5.11 Å². The lowest BCUT2D eigenvalue weighted by Gasteiger charge is -2.06. The molecule has 0 spiro atoms. The van der Waals surface area contributed by atoms with Crippen LogP contribution in [-0.2, 0) is 12.8 Å². The van der Waals surface area contributed by atoms with Crippen molar-refractivity contribution in [2.75, 3.05) is 7.11 Å². The minimum atomic E-state index is 0.225. The highest BCUT2D eigenvalue weighted by atomic mass is 16.5. The van der Waals surface area contributed by atoms with Crippen LogP contribution in [0.2, 0.25) is 0 Å². The fraction of sp³-hybridized carbons (Fsp3) is 0.294. The van der Waals surface area contributed by atoms with Gasteiger partial charge in [0.25, 0.3) is 0 Å². The maximum atomic E-state index is 9.70. The molecule has 100 valence electrons. The van der Waals surface area contributed by atoms with Crippen molar-refractivity contribution in [2.24, 2.45) is 0 Å². The normalized spacial score (nSPS) is 10.4. The number of aryl methyl sites for hydroxylation is 2. The van der Waals surface area contributed by atoms with Crippen LogP contribution in [0.25, 0.3) is 0 Å². The number of rotatable bonds is 6. The van der Waals surface area contributed by atoms with E-state index in [2.05, 4.69) is 24.3 Å². The van der Waals surface area contributed by atoms with Crippen LogP contribution in [0.5, 0.6) is 11.5 Å². The Kier molecular flexibility index (Phi) is 4.85. The number of methoxy groups -OCH3 is 1. The van der Waals surface area contributed by atoms with Crippen molar-refractivity contribution in [1.29, 1.82) is 0 Å². The molecule has 0 heterocycles. The van der Waals surface area contributed by atoms with Crippen LogP contribution in [0.1, 0.15) is 24.0 Å². The molecule has 0 aliphatic carbocycles. The van der Waals surface area contributed by atoms with E-state index in [1.807, 2.05) is 18.2 Å². The van der Waals surface area contributed by atoms with Gasteiger partial charge in [-0.3, -0.25) is 0 Å². The second-order valence-corrected chi connectivity index (χ2v) is 4.70. The van der Waals surface area contributed by atoms with Crippen LogP contribution >= 0.6 is 0 Å². The summed E-state index contributed by atoms with van der Waals surface area (Å²) < 4.78 is 5.03. The fourth-order valence-corrected chi connectivity index (χ4v) is 2.19. The van der Waals surface area contributed by atoms with Gasteiger partial charge in [-0.2, -0.15) is 0 Å². The highest BCUT2D eigenvalue weighted by Gasteiger charge is 2.02. The lowest BCUT2D eigenvalue weighted by Crippen LogP contribution is -1.90. The molecule has 2 aromatic rings. The molecule has 2 rings (SSSR count). The summed E-state index contributed by atoms with van der Waals surface area (Å²) in [6.07, 6.45) is 4.39. The van der Waals surface area contributed by atoms with Crippen LogP contribution in [0.3, 0.4) is 0 Å². The third-order valence-electron chi connectivity index (χ3n) is 3.27. The van der Waals surface area contributed by atoms with Crippen molar-refractivity contribution in [3.63, 3.8) is 0 Å². The van der Waals surface area contributed by atoms with Crippen LogP contribution in [-0.4, -0.2) is 12.2 Å². The zero-order chi connectivity index (χ0) is 13.5. The monoisotopic (exact) mass is 256 g/mol. The number of aromatic hydroxyl groups is 1. The Balaban J connectivity index is 1.78. The van der Waals surface area contributed by atoms with Crippen molar-refractivity contribution in [3.8, 4) is 11.5 Å². The summed E-state index contributed by atoms with van der Waals surface area (Å²) in [4.78, 5) is 0. The molecule has 0 unspecified atom stereocenters. The molecule has 0 radical (unpaired) electrons. The first kappa shape index (κ1) is 13.5. The molecule has 19 heavy (non-hydrogen) atoms. The number of unbranched alkanes of at least 4 members (excludes halogenated alkanes) is 1. The molecule has 0 bridgehead atoms. The summed E-state index contributed by atoms with van der Waals surface area (Å²) in [6, 6.07) is 16.2. The van der Waals surface area contributed by atoms with Gasteiger partial charge in [-0.15, -0.1) is 0 Å². The molecule has 0 fully saturated rings. The minimum Gasteiger partial charge on any atom is -0.504 e. The zero-order valence-corrected chi connectivity index (χ0v) is 11.3. The lowest BCUT2D eigenvalue weighted by molar-refractivity contribution is 0.373. The quantitative estimate of drug-likeness (QED) is 0.792. The van der Waals surface area contributed by atoms with E-state index < -0.39 is 0 Å². The summed E-state index contributed by atoms with van der Waals surface area (Å²) >= 11 is 0. The zero-order valence-electron chi connectivity index (χ0n) is 11.3. The Morgan fingerprint density at radius 2 is 1.58 bits per heavy atom. The molecule has 1 N–H and O–H groups in total. The van der Waals surface area contributed by atoms with Crippen molar-refractivity contribution >= 4 is 0 Å². The number of hydrogen-bond acceptors (Lipinski definition) is 2. The number of benzene rings is 2. The molecule has 0 aliphatic rings. The average molecular weight is 256 g/mol. The number of ether oxygens (including phenoxy) is 1. The van der Waals surface area contributed by atoms with E-state index in [0.717, 1.165) is 31.2 Å². The first-order valence-corrected chi connectivity index (χ1v) is 6.69. The molecule has 0 saturated carbocycles. The predicted molar refractivity (Wildman–Crippen MR) is 77.7 cm³/mol. The second-order valence-electron chi connectivity index (χ2n) is 4.70. The smallest absolute Gasteiger partial charge is 0.160 e. The third-order valence-corrected chi connectivity index (χ3v) is 3.27. The van der Waals surface area contributed by atoms with Crippen LogP contribution in [0.15, 0.2) is 48.5 Å². The standard InChI is InChI=1S/C17H20O2/c1-19-17-12-11-15(13-16(17)18)10-6-5-9-14-7-3-2-4-8-14/h2-4,7-8,11-13,18H,5-6,9-10H2,1H3. The van der Waals surface area contributed by atoms with Gasteiger partial charge in [0.2, 0.25) is 0 Å². The SMILES string of the molecule is COc1ccc(CCCCc2ccccc2)cc1O. The predicted octanol–water partition coefficient (Wildman–Crippen LogP) is 3.97. The van der Waals surface area contributed by atoms with E-state index in [1.54, 1.807) is 13.2 Å². The van der Waals surface area contributed by atoms with Crippen LogP contribution in [0.4, 0.5) is 0 Å². The van der Waals surface area contributed by atoms with Crippen LogP contribution < -0.4 is 4.74 Å². The summed E-state index contributed by atoms with van der Waals surface area (Å²) in [5, 5.41) is 9.70. The molecule has 2 heteroatoms. The fourth-order valence-electron chi connectivity index (χ4n) is 2.19. The third kappa shape index (κ3) is 4.02. The van der Waals surface area contributed by atoms with Crippen molar-refractivity contribution in [2.45, 2.75) is 25.7 Å². The number of phenols is 1. The van der Waals surface area contributed by atoms with Crippen molar-refractivity contribution in [3.05, 3.63) is 59.7 Å². The number of hydrogen-bond donors (Lipinski definition) is 1. The maximum absolute atomic E-state index is 9.70. The number of phenolic OH excluding ortho intramolecular Hbond substituents is 1. The lowest BCUT2D eigenvalue weighted by atomic mass is 10.0. The molecule has 0 aliphatic heterocycles. The first-order valence-electron chi connectivity index (χ1n) is 6.69. The topological polar surface area (TPSA) is 29.5 Å². The maximum Gasteiger partial charge on any atom is 0.160 e. The van der Waals surface area contributed by atoms with Gasteiger partial charge in [-0.1, -0.05) is 36.4 Å². The summed E-state index contributed by atoms with van der Waals surface area (Å²) in [5.41, 5.74) is 2.55. The molecule has 2 aromatic carbocycles. The average Bonchev–Trinajstić information content (AvgIpc) is 2.45. The minimum absolute atomic E-state index is 0.225. The van der Waals surface area contributed by atoms with Gasteiger partial charge < -0.3 is 9.84 Å². The van der Waals surface area contributed by atoms with E-state index in [-0.39, 0.29) is 5.75 Å². The molecule has 0 aromatic heterocycles. The molecule has 2 nitrogen and oxygen atoms in total. The van der Waals surface area contributed by atoms with Gasteiger partial charge in [0.05, 0.1) is 7.11 Å². The summed E-state index contributed by atoms with van der Waals surface area (Å²) in [5.74, 6) is 0.760. The summed E-state index contributed by atoms with van der Waals surface area (Å²) in [6.45, 7) is 0. The Labute approximate surface area is 114 Å². The molecule has 0 atom stereocenters. The van der Waals surface area contributed by atoms with Crippen LogP contribution in [0, 0.1) is 0 Å². The van der Waals surface area contributed by atoms with Gasteiger partial charge in [0, 0.05) is 0 Å². The summed E-state index contributed by atoms with van der Waals surface area (Å²) in [7, 11) is 1.56. The Morgan fingerprint density at radius 3 is 2.21 bits per heavy atom. The molecule has 0 saturated heterocycles. The van der Waals surface area contributed by atoms with E-state index in [1.165, 1.54) is 5.56 Å². The van der Waals surface area contributed by atoms with Crippen molar-refractivity contribution in [1.82, 2.24) is 0 Å². The highest BCUT2D eigenvalue weighted by molar-refractivity contribution is 5.41. The van der Waals surface area contributed by atoms with Gasteiger partial charge in [0.1, 0.15) is 0 Å². The van der Waals surface area contributed by atoms with Gasteiger partial charge in [0.15, 0.2) is 11.5 Å². The Hall–Kier alpha value is -1.96.